The minimum absolute atomic E-state index is 0.0725. The highest BCUT2D eigenvalue weighted by Gasteiger charge is 2.26. The summed E-state index contributed by atoms with van der Waals surface area (Å²) < 4.78 is 45.0. The van der Waals surface area contributed by atoms with Crippen molar-refractivity contribution in [3.8, 4) is 0 Å². The normalized spacial score (nSPS) is 11.7. The summed E-state index contributed by atoms with van der Waals surface area (Å²) in [6, 6.07) is 6.81. The minimum Gasteiger partial charge on any atom is -0.467 e. The van der Waals surface area contributed by atoms with Gasteiger partial charge in [0.25, 0.3) is 5.91 Å². The second-order valence-electron chi connectivity index (χ2n) is 5.48. The summed E-state index contributed by atoms with van der Waals surface area (Å²) in [5.74, 6) is -5.78. The zero-order valence-corrected chi connectivity index (χ0v) is 13.6. The first-order chi connectivity index (χ1) is 11.8. The van der Waals surface area contributed by atoms with E-state index in [2.05, 4.69) is 10.1 Å². The fourth-order valence-corrected chi connectivity index (χ4v) is 2.28. The minimum atomic E-state index is -1.35. The number of ether oxygens (including phenoxy) is 1. The molecule has 2 rings (SSSR count). The Balaban J connectivity index is 2.23. The van der Waals surface area contributed by atoms with E-state index < -0.39 is 40.9 Å². The Labute approximate surface area is 142 Å². The van der Waals surface area contributed by atoms with Gasteiger partial charge in [0.05, 0.1) is 7.11 Å². The molecule has 0 saturated carbocycles. The molecule has 0 unspecified atom stereocenters. The molecule has 0 heterocycles. The van der Waals surface area contributed by atoms with Gasteiger partial charge in [0.15, 0.2) is 0 Å². The third-order valence-electron chi connectivity index (χ3n) is 3.59. The Morgan fingerprint density at radius 2 is 1.64 bits per heavy atom. The van der Waals surface area contributed by atoms with Gasteiger partial charge < -0.3 is 10.1 Å². The van der Waals surface area contributed by atoms with Crippen molar-refractivity contribution in [1.29, 1.82) is 0 Å². The lowest BCUT2D eigenvalue weighted by molar-refractivity contribution is -0.142. The van der Waals surface area contributed by atoms with Crippen LogP contribution in [-0.2, 0) is 16.0 Å². The molecule has 0 fully saturated rings. The van der Waals surface area contributed by atoms with Gasteiger partial charge in [-0.15, -0.1) is 0 Å². The molecule has 0 aliphatic rings. The average Bonchev–Trinajstić information content (AvgIpc) is 2.54. The predicted molar refractivity (Wildman–Crippen MR) is 84.5 cm³/mol. The molecule has 0 saturated heterocycles. The largest absolute Gasteiger partial charge is 0.467 e. The third-order valence-corrected chi connectivity index (χ3v) is 3.59. The molecule has 0 bridgehead atoms. The monoisotopic (exact) mass is 351 g/mol. The van der Waals surface area contributed by atoms with Crippen molar-refractivity contribution in [2.24, 2.45) is 0 Å². The zero-order chi connectivity index (χ0) is 18.6. The molecule has 1 atom stereocenters. The lowest BCUT2D eigenvalue weighted by Gasteiger charge is -2.17. The van der Waals surface area contributed by atoms with Crippen molar-refractivity contribution in [2.75, 3.05) is 7.11 Å². The molecule has 0 aliphatic carbocycles. The number of amides is 1. The lowest BCUT2D eigenvalue weighted by Crippen LogP contribution is -2.43. The van der Waals surface area contributed by atoms with Crippen LogP contribution < -0.4 is 5.32 Å². The van der Waals surface area contributed by atoms with E-state index >= 15 is 0 Å². The van der Waals surface area contributed by atoms with Crippen LogP contribution in [0, 0.1) is 24.4 Å². The van der Waals surface area contributed by atoms with Crippen molar-refractivity contribution in [3.63, 3.8) is 0 Å². The van der Waals surface area contributed by atoms with Gasteiger partial charge in [-0.3, -0.25) is 4.79 Å². The molecule has 0 spiro atoms. The number of carbonyl (C=O) groups excluding carboxylic acids is 2. The number of benzene rings is 2. The van der Waals surface area contributed by atoms with Crippen LogP contribution >= 0.6 is 0 Å². The molecule has 2 aromatic rings. The molecule has 7 heteroatoms. The van der Waals surface area contributed by atoms with Crippen molar-refractivity contribution in [2.45, 2.75) is 19.4 Å². The summed E-state index contributed by atoms with van der Waals surface area (Å²) in [6.45, 7) is 1.89. The molecule has 4 nitrogen and oxygen atoms in total. The van der Waals surface area contributed by atoms with Crippen LogP contribution in [0.3, 0.4) is 0 Å². The number of nitrogens with one attached hydrogen (secondary N) is 1. The van der Waals surface area contributed by atoms with E-state index in [0.29, 0.717) is 12.1 Å². The number of aryl methyl sites for hydroxylation is 1. The molecule has 132 valence electrons. The van der Waals surface area contributed by atoms with Gasteiger partial charge in [0, 0.05) is 18.6 Å². The Morgan fingerprint density at radius 3 is 2.16 bits per heavy atom. The molecule has 25 heavy (non-hydrogen) atoms. The van der Waals surface area contributed by atoms with E-state index in [-0.39, 0.29) is 6.42 Å². The summed E-state index contributed by atoms with van der Waals surface area (Å²) >= 11 is 0. The van der Waals surface area contributed by atoms with Gasteiger partial charge >= 0.3 is 5.97 Å². The quantitative estimate of drug-likeness (QED) is 0.843. The average molecular weight is 351 g/mol. The summed E-state index contributed by atoms with van der Waals surface area (Å²) in [7, 11) is 1.13. The van der Waals surface area contributed by atoms with Crippen LogP contribution in [0.1, 0.15) is 21.5 Å². The van der Waals surface area contributed by atoms with Crippen molar-refractivity contribution in [1.82, 2.24) is 5.32 Å². The first kappa shape index (κ1) is 18.5. The SMILES string of the molecule is COC(=O)[C@H](Cc1ccc(C)cc1)NC(=O)c1c(F)cc(F)cc1F. The Hall–Kier alpha value is -2.83. The first-order valence-electron chi connectivity index (χ1n) is 7.40. The summed E-state index contributed by atoms with van der Waals surface area (Å²) in [6.07, 6.45) is 0.0725. The zero-order valence-electron chi connectivity index (χ0n) is 13.6. The van der Waals surface area contributed by atoms with Crippen LogP contribution in [0.5, 0.6) is 0 Å². The Kier molecular flexibility index (Phi) is 5.80. The number of methoxy groups -OCH3 is 1. The first-order valence-corrected chi connectivity index (χ1v) is 7.40. The van der Waals surface area contributed by atoms with Gasteiger partial charge in [-0.2, -0.15) is 0 Å². The van der Waals surface area contributed by atoms with Gasteiger partial charge in [-0.1, -0.05) is 29.8 Å². The second-order valence-corrected chi connectivity index (χ2v) is 5.48. The summed E-state index contributed by atoms with van der Waals surface area (Å²) in [5.41, 5.74) is 0.776. The number of rotatable bonds is 5. The fraction of sp³-hybridized carbons (Fsp3) is 0.222. The van der Waals surface area contributed by atoms with E-state index in [9.17, 15) is 22.8 Å². The number of halogens is 3. The predicted octanol–water partition coefficient (Wildman–Crippen LogP) is 2.93. The fourth-order valence-electron chi connectivity index (χ4n) is 2.28. The maximum atomic E-state index is 13.7. The van der Waals surface area contributed by atoms with Crippen molar-refractivity contribution >= 4 is 11.9 Å². The highest BCUT2D eigenvalue weighted by Crippen LogP contribution is 2.15. The number of hydrogen-bond donors (Lipinski definition) is 1. The van der Waals surface area contributed by atoms with Gasteiger partial charge in [0.2, 0.25) is 0 Å². The maximum Gasteiger partial charge on any atom is 0.328 e. The summed E-state index contributed by atoms with van der Waals surface area (Å²) in [4.78, 5) is 24.0. The highest BCUT2D eigenvalue weighted by molar-refractivity contribution is 5.97. The maximum absolute atomic E-state index is 13.7. The molecule has 0 radical (unpaired) electrons. The molecule has 1 N–H and O–H groups in total. The third kappa shape index (κ3) is 4.59. The van der Waals surface area contributed by atoms with Crippen LogP contribution in [0.4, 0.5) is 13.2 Å². The molecule has 1 amide bonds. The van der Waals surface area contributed by atoms with E-state index in [1.54, 1.807) is 12.1 Å². The van der Waals surface area contributed by atoms with Gasteiger partial charge in [-0.05, 0) is 12.5 Å². The molecule has 2 aromatic carbocycles. The van der Waals surface area contributed by atoms with E-state index in [0.717, 1.165) is 18.2 Å². The van der Waals surface area contributed by atoms with Crippen LogP contribution in [0.15, 0.2) is 36.4 Å². The number of carbonyl (C=O) groups is 2. The van der Waals surface area contributed by atoms with E-state index in [4.69, 9.17) is 0 Å². The molecular weight excluding hydrogens is 335 g/mol. The van der Waals surface area contributed by atoms with Crippen molar-refractivity contribution < 1.29 is 27.5 Å². The van der Waals surface area contributed by atoms with Crippen LogP contribution in [-0.4, -0.2) is 25.0 Å². The molecule has 0 aromatic heterocycles. The molecular formula is C18H16F3NO3. The summed E-state index contributed by atoms with van der Waals surface area (Å²) in [5, 5.41) is 2.23. The van der Waals surface area contributed by atoms with E-state index in [1.165, 1.54) is 0 Å². The van der Waals surface area contributed by atoms with Crippen LogP contribution in [0.25, 0.3) is 0 Å². The smallest absolute Gasteiger partial charge is 0.328 e. The molecule has 0 aliphatic heterocycles. The Morgan fingerprint density at radius 1 is 1.08 bits per heavy atom. The second kappa shape index (κ2) is 7.83. The number of esters is 1. The topological polar surface area (TPSA) is 55.4 Å². The Bertz CT molecular complexity index is 768. The number of hydrogen-bond acceptors (Lipinski definition) is 3. The van der Waals surface area contributed by atoms with Crippen molar-refractivity contribution in [3.05, 3.63) is 70.5 Å². The highest BCUT2D eigenvalue weighted by atomic mass is 19.1. The van der Waals surface area contributed by atoms with Crippen LogP contribution in [0.2, 0.25) is 0 Å². The lowest BCUT2D eigenvalue weighted by atomic mass is 10.0. The van der Waals surface area contributed by atoms with Gasteiger partial charge in [-0.25, -0.2) is 18.0 Å². The van der Waals surface area contributed by atoms with E-state index in [1.807, 2.05) is 19.1 Å². The standard InChI is InChI=1S/C18H16F3NO3/c1-10-3-5-11(6-4-10)7-15(18(24)25-2)22-17(23)16-13(20)8-12(19)9-14(16)21/h3-6,8-9,15H,7H2,1-2H3,(H,22,23)/t15-/m0/s1. The van der Waals surface area contributed by atoms with Gasteiger partial charge in [0.1, 0.15) is 29.1 Å².